The third kappa shape index (κ3) is 2.85. The van der Waals surface area contributed by atoms with Crippen LogP contribution in [-0.2, 0) is 4.74 Å². The van der Waals surface area contributed by atoms with Gasteiger partial charge in [-0.25, -0.2) is 0 Å². The van der Waals surface area contributed by atoms with E-state index in [-0.39, 0.29) is 0 Å². The van der Waals surface area contributed by atoms with Crippen LogP contribution in [0.25, 0.3) is 0 Å². The third-order valence-electron chi connectivity index (χ3n) is 5.92. The molecule has 0 heterocycles. The lowest BCUT2D eigenvalue weighted by Crippen LogP contribution is -2.64. The van der Waals surface area contributed by atoms with E-state index < -0.39 is 0 Å². The maximum absolute atomic E-state index is 6.57. The van der Waals surface area contributed by atoms with Gasteiger partial charge in [0.05, 0.1) is 12.2 Å². The standard InChI is InChI=1S/C17H33NO/c1-5-17(6-2)15(18-7-3)12-16(17)19-14-11-9-8-10-13(14)4/h13-16,18H,5-12H2,1-4H3. The lowest BCUT2D eigenvalue weighted by molar-refractivity contribution is -0.181. The van der Waals surface area contributed by atoms with Crippen molar-refractivity contribution in [2.24, 2.45) is 11.3 Å². The molecule has 0 radical (unpaired) electrons. The van der Waals surface area contributed by atoms with Crippen molar-refractivity contribution in [1.29, 1.82) is 0 Å². The van der Waals surface area contributed by atoms with Crippen LogP contribution >= 0.6 is 0 Å². The molecule has 2 aliphatic rings. The highest BCUT2D eigenvalue weighted by atomic mass is 16.5. The zero-order chi connectivity index (χ0) is 13.9. The summed E-state index contributed by atoms with van der Waals surface area (Å²) in [5.41, 5.74) is 0.396. The Labute approximate surface area is 119 Å². The minimum atomic E-state index is 0.396. The van der Waals surface area contributed by atoms with Crippen molar-refractivity contribution in [3.05, 3.63) is 0 Å². The molecule has 2 fully saturated rings. The van der Waals surface area contributed by atoms with Gasteiger partial charge in [-0.3, -0.25) is 0 Å². The SMILES string of the molecule is CCNC1CC(OC2CCCCC2C)C1(CC)CC. The second-order valence-corrected chi connectivity index (χ2v) is 6.71. The highest BCUT2D eigenvalue weighted by Crippen LogP contribution is 2.50. The zero-order valence-corrected chi connectivity index (χ0v) is 13.4. The van der Waals surface area contributed by atoms with Gasteiger partial charge in [-0.15, -0.1) is 0 Å². The van der Waals surface area contributed by atoms with Gasteiger partial charge in [0.1, 0.15) is 0 Å². The Morgan fingerprint density at radius 1 is 1.11 bits per heavy atom. The van der Waals surface area contributed by atoms with E-state index in [1.54, 1.807) is 0 Å². The summed E-state index contributed by atoms with van der Waals surface area (Å²) in [6.07, 6.45) is 10.1. The number of hydrogen-bond donors (Lipinski definition) is 1. The summed E-state index contributed by atoms with van der Waals surface area (Å²) < 4.78 is 6.57. The fourth-order valence-corrected chi connectivity index (χ4v) is 4.36. The Balaban J connectivity index is 1.96. The van der Waals surface area contributed by atoms with Crippen LogP contribution in [0.3, 0.4) is 0 Å². The summed E-state index contributed by atoms with van der Waals surface area (Å²) in [5.74, 6) is 0.762. The van der Waals surface area contributed by atoms with Gasteiger partial charge in [0.2, 0.25) is 0 Å². The molecule has 0 bridgehead atoms. The Hall–Kier alpha value is -0.0800. The van der Waals surface area contributed by atoms with Crippen LogP contribution in [-0.4, -0.2) is 24.8 Å². The van der Waals surface area contributed by atoms with E-state index in [0.29, 0.717) is 23.7 Å². The molecule has 0 amide bonds. The molecular formula is C17H33NO. The second-order valence-electron chi connectivity index (χ2n) is 6.71. The predicted molar refractivity (Wildman–Crippen MR) is 81.4 cm³/mol. The van der Waals surface area contributed by atoms with E-state index in [2.05, 4.69) is 33.0 Å². The number of ether oxygens (including phenoxy) is 1. The smallest absolute Gasteiger partial charge is 0.0664 e. The van der Waals surface area contributed by atoms with E-state index in [1.807, 2.05) is 0 Å². The molecule has 19 heavy (non-hydrogen) atoms. The first-order valence-electron chi connectivity index (χ1n) is 8.56. The zero-order valence-electron chi connectivity index (χ0n) is 13.4. The molecule has 2 nitrogen and oxygen atoms in total. The molecule has 0 spiro atoms. The molecule has 0 aromatic carbocycles. The quantitative estimate of drug-likeness (QED) is 0.781. The lowest BCUT2D eigenvalue weighted by Gasteiger charge is -2.57. The first-order chi connectivity index (χ1) is 9.17. The summed E-state index contributed by atoms with van der Waals surface area (Å²) >= 11 is 0. The maximum atomic E-state index is 6.57. The van der Waals surface area contributed by atoms with Crippen molar-refractivity contribution >= 4 is 0 Å². The fraction of sp³-hybridized carbons (Fsp3) is 1.00. The molecule has 2 aliphatic carbocycles. The molecule has 0 saturated heterocycles. The van der Waals surface area contributed by atoms with Gasteiger partial charge in [-0.05, 0) is 44.6 Å². The monoisotopic (exact) mass is 267 g/mol. The van der Waals surface area contributed by atoms with Crippen molar-refractivity contribution < 1.29 is 4.74 Å². The highest BCUT2D eigenvalue weighted by Gasteiger charge is 2.53. The summed E-state index contributed by atoms with van der Waals surface area (Å²) in [5, 5.41) is 3.67. The van der Waals surface area contributed by atoms with E-state index >= 15 is 0 Å². The Morgan fingerprint density at radius 3 is 2.37 bits per heavy atom. The van der Waals surface area contributed by atoms with Gasteiger partial charge >= 0.3 is 0 Å². The fourth-order valence-electron chi connectivity index (χ4n) is 4.36. The topological polar surface area (TPSA) is 21.3 Å². The normalized spacial score (nSPS) is 37.9. The van der Waals surface area contributed by atoms with Gasteiger partial charge in [0.25, 0.3) is 0 Å². The number of rotatable bonds is 6. The van der Waals surface area contributed by atoms with Crippen LogP contribution in [0.15, 0.2) is 0 Å². The van der Waals surface area contributed by atoms with Crippen molar-refractivity contribution in [1.82, 2.24) is 5.32 Å². The van der Waals surface area contributed by atoms with Crippen LogP contribution in [0.5, 0.6) is 0 Å². The highest BCUT2D eigenvalue weighted by molar-refractivity contribution is 5.07. The van der Waals surface area contributed by atoms with E-state index in [9.17, 15) is 0 Å². The molecule has 2 heteroatoms. The minimum absolute atomic E-state index is 0.396. The Bertz CT molecular complexity index is 274. The molecule has 4 atom stereocenters. The molecule has 0 aliphatic heterocycles. The van der Waals surface area contributed by atoms with Gasteiger partial charge in [0, 0.05) is 11.5 Å². The maximum Gasteiger partial charge on any atom is 0.0664 e. The minimum Gasteiger partial charge on any atom is -0.374 e. The molecule has 0 aromatic heterocycles. The van der Waals surface area contributed by atoms with Crippen molar-refractivity contribution in [2.45, 2.75) is 90.9 Å². The predicted octanol–water partition coefficient (Wildman–Crippen LogP) is 4.14. The first-order valence-corrected chi connectivity index (χ1v) is 8.56. The average Bonchev–Trinajstić information content (AvgIpc) is 2.41. The third-order valence-corrected chi connectivity index (χ3v) is 5.92. The Kier molecular flexibility index (Phi) is 5.30. The molecule has 2 rings (SSSR count). The van der Waals surface area contributed by atoms with E-state index in [1.165, 1.54) is 44.9 Å². The van der Waals surface area contributed by atoms with Gasteiger partial charge in [-0.1, -0.05) is 40.5 Å². The van der Waals surface area contributed by atoms with Crippen molar-refractivity contribution in [3.8, 4) is 0 Å². The molecule has 0 aromatic rings. The average molecular weight is 267 g/mol. The van der Waals surface area contributed by atoms with Crippen LogP contribution in [0.4, 0.5) is 0 Å². The Morgan fingerprint density at radius 2 is 1.79 bits per heavy atom. The summed E-state index contributed by atoms with van der Waals surface area (Å²) in [7, 11) is 0. The molecule has 112 valence electrons. The van der Waals surface area contributed by atoms with Gasteiger partial charge < -0.3 is 10.1 Å². The summed E-state index contributed by atoms with van der Waals surface area (Å²) in [4.78, 5) is 0. The number of hydrogen-bond acceptors (Lipinski definition) is 2. The molecular weight excluding hydrogens is 234 g/mol. The van der Waals surface area contributed by atoms with Crippen LogP contribution in [0, 0.1) is 11.3 Å². The number of nitrogens with one attached hydrogen (secondary N) is 1. The van der Waals surface area contributed by atoms with E-state index in [4.69, 9.17) is 4.74 Å². The largest absolute Gasteiger partial charge is 0.374 e. The summed E-state index contributed by atoms with van der Waals surface area (Å²) in [6.45, 7) is 10.4. The van der Waals surface area contributed by atoms with Crippen LogP contribution in [0.1, 0.15) is 72.6 Å². The van der Waals surface area contributed by atoms with Crippen LogP contribution in [0.2, 0.25) is 0 Å². The second kappa shape index (κ2) is 6.58. The van der Waals surface area contributed by atoms with Gasteiger partial charge in [-0.2, -0.15) is 0 Å². The molecule has 1 N–H and O–H groups in total. The van der Waals surface area contributed by atoms with Crippen molar-refractivity contribution in [3.63, 3.8) is 0 Å². The first kappa shape index (κ1) is 15.3. The lowest BCUT2D eigenvalue weighted by atomic mass is 9.58. The van der Waals surface area contributed by atoms with Crippen LogP contribution < -0.4 is 5.32 Å². The van der Waals surface area contributed by atoms with E-state index in [0.717, 1.165) is 12.5 Å². The molecule has 4 unspecified atom stereocenters. The summed E-state index contributed by atoms with van der Waals surface area (Å²) in [6, 6.07) is 0.677. The van der Waals surface area contributed by atoms with Crippen molar-refractivity contribution in [2.75, 3.05) is 6.54 Å². The van der Waals surface area contributed by atoms with Gasteiger partial charge in [0.15, 0.2) is 0 Å². The molecule has 2 saturated carbocycles.